The topological polar surface area (TPSA) is 98.1 Å². The van der Waals surface area contributed by atoms with Crippen LogP contribution in [0.3, 0.4) is 0 Å². The van der Waals surface area contributed by atoms with E-state index in [9.17, 15) is 4.79 Å². The van der Waals surface area contributed by atoms with E-state index < -0.39 is 0 Å². The molecule has 3 rings (SSSR count). The molecule has 116 valence electrons. The number of hydrogen-bond donors (Lipinski definition) is 0. The van der Waals surface area contributed by atoms with Crippen LogP contribution in [0.4, 0.5) is 0 Å². The largest absolute Gasteiger partial charge is 0.447 e. The Bertz CT molecular complexity index is 954. The van der Waals surface area contributed by atoms with Crippen LogP contribution < -0.4 is 10.3 Å². The number of aromatic nitrogens is 5. The summed E-state index contributed by atoms with van der Waals surface area (Å²) in [4.78, 5) is 20.2. The summed E-state index contributed by atoms with van der Waals surface area (Å²) in [5.41, 5.74) is 1.30. The van der Waals surface area contributed by atoms with E-state index in [1.165, 1.54) is 6.07 Å². The third kappa shape index (κ3) is 3.00. The van der Waals surface area contributed by atoms with Gasteiger partial charge in [-0.2, -0.15) is 14.8 Å². The minimum absolute atomic E-state index is 0.0165. The van der Waals surface area contributed by atoms with Crippen molar-refractivity contribution in [3.8, 4) is 12.1 Å². The van der Waals surface area contributed by atoms with Crippen molar-refractivity contribution < 1.29 is 4.74 Å². The maximum absolute atomic E-state index is 12.0. The number of rotatable bonds is 4. The smallest absolute Gasteiger partial charge is 0.338 e. The minimum atomic E-state index is -0.317. The molecule has 0 aliphatic carbocycles. The van der Waals surface area contributed by atoms with Gasteiger partial charge in [0.05, 0.1) is 6.54 Å². The molecule has 0 spiro atoms. The lowest BCUT2D eigenvalue weighted by atomic mass is 10.3. The molecule has 0 atom stereocenters. The summed E-state index contributed by atoms with van der Waals surface area (Å²) in [5, 5.41) is 12.9. The Balaban J connectivity index is 2.08. The second-order valence-electron chi connectivity index (χ2n) is 4.75. The Morgan fingerprint density at radius 1 is 1.43 bits per heavy atom. The van der Waals surface area contributed by atoms with Gasteiger partial charge in [-0.05, 0) is 18.6 Å². The lowest BCUT2D eigenvalue weighted by Crippen LogP contribution is -2.20. The predicted octanol–water partition coefficient (Wildman–Crippen LogP) is 1.20. The third-order valence-corrected chi connectivity index (χ3v) is 3.40. The molecule has 0 bridgehead atoms. The van der Waals surface area contributed by atoms with Gasteiger partial charge in [-0.15, -0.1) is 5.10 Å². The van der Waals surface area contributed by atoms with Crippen LogP contribution in [0.25, 0.3) is 5.78 Å². The normalized spacial score (nSPS) is 10.7. The average molecular weight is 331 g/mol. The van der Waals surface area contributed by atoms with Crippen LogP contribution >= 0.6 is 11.6 Å². The van der Waals surface area contributed by atoms with Gasteiger partial charge in [0.25, 0.3) is 5.56 Å². The van der Waals surface area contributed by atoms with Gasteiger partial charge in [-0.3, -0.25) is 4.79 Å². The average Bonchev–Trinajstić information content (AvgIpc) is 2.96. The van der Waals surface area contributed by atoms with E-state index in [2.05, 4.69) is 15.1 Å². The van der Waals surface area contributed by atoms with Crippen molar-refractivity contribution in [1.82, 2.24) is 24.1 Å². The zero-order valence-corrected chi connectivity index (χ0v) is 12.9. The highest BCUT2D eigenvalue weighted by Gasteiger charge is 2.13. The van der Waals surface area contributed by atoms with Gasteiger partial charge in [0.2, 0.25) is 5.78 Å². The van der Waals surface area contributed by atoms with E-state index in [-0.39, 0.29) is 18.2 Å². The summed E-state index contributed by atoms with van der Waals surface area (Å²) >= 11 is 5.79. The third-order valence-electron chi connectivity index (χ3n) is 3.17. The molecule has 0 unspecified atom stereocenters. The van der Waals surface area contributed by atoms with Crippen LogP contribution in [0.2, 0.25) is 5.15 Å². The van der Waals surface area contributed by atoms with Crippen LogP contribution in [-0.4, -0.2) is 30.8 Å². The number of ether oxygens (including phenoxy) is 1. The molecular formula is C14H11ClN6O2. The lowest BCUT2D eigenvalue weighted by Gasteiger charge is -2.11. The fourth-order valence-corrected chi connectivity index (χ4v) is 2.23. The molecule has 0 fully saturated rings. The lowest BCUT2D eigenvalue weighted by molar-refractivity contribution is 0.338. The highest BCUT2D eigenvalue weighted by Crippen LogP contribution is 2.12. The van der Waals surface area contributed by atoms with E-state index in [0.717, 1.165) is 15.8 Å². The Morgan fingerprint density at radius 2 is 2.26 bits per heavy atom. The van der Waals surface area contributed by atoms with Crippen molar-refractivity contribution >= 4 is 17.4 Å². The van der Waals surface area contributed by atoms with Gasteiger partial charge in [0, 0.05) is 18.0 Å². The molecule has 3 aromatic heterocycles. The van der Waals surface area contributed by atoms with E-state index in [0.29, 0.717) is 17.5 Å². The van der Waals surface area contributed by atoms with Gasteiger partial charge in [0.15, 0.2) is 6.61 Å². The zero-order valence-electron chi connectivity index (χ0n) is 12.1. The molecule has 9 heteroatoms. The number of aryl methyl sites for hydroxylation is 1. The Hall–Kier alpha value is -2.92. The molecule has 0 saturated carbocycles. The standard InChI is InChI=1S/C14H11ClN6O2/c1-9-6-12(22)21-14(18-13(19-21)23-5-4-16)20(9)8-10-2-3-11(15)17-7-10/h2-3,6-7H,5,8H2,1H3. The molecule has 0 N–H and O–H groups in total. The molecule has 0 aliphatic heterocycles. The van der Waals surface area contributed by atoms with E-state index in [4.69, 9.17) is 21.6 Å². The maximum Gasteiger partial charge on any atom is 0.338 e. The fraction of sp³-hybridized carbons (Fsp3) is 0.214. The van der Waals surface area contributed by atoms with Crippen LogP contribution in [0.15, 0.2) is 29.2 Å². The number of fused-ring (bicyclic) bond motifs is 1. The van der Waals surface area contributed by atoms with Gasteiger partial charge in [0.1, 0.15) is 11.2 Å². The van der Waals surface area contributed by atoms with Crippen LogP contribution in [0.1, 0.15) is 11.3 Å². The first-order chi connectivity index (χ1) is 11.1. The zero-order chi connectivity index (χ0) is 16.4. The van der Waals surface area contributed by atoms with Crippen molar-refractivity contribution in [3.05, 3.63) is 51.2 Å². The van der Waals surface area contributed by atoms with Crippen LogP contribution in [0.5, 0.6) is 6.01 Å². The number of nitriles is 1. The van der Waals surface area contributed by atoms with Crippen LogP contribution in [-0.2, 0) is 6.54 Å². The minimum Gasteiger partial charge on any atom is -0.447 e. The number of hydrogen-bond acceptors (Lipinski definition) is 6. The molecule has 0 saturated heterocycles. The molecule has 3 heterocycles. The van der Waals surface area contributed by atoms with Crippen LogP contribution in [0, 0.1) is 18.3 Å². The Kier molecular flexibility index (Phi) is 3.95. The van der Waals surface area contributed by atoms with Crippen molar-refractivity contribution in [2.45, 2.75) is 13.5 Å². The van der Waals surface area contributed by atoms with Gasteiger partial charge >= 0.3 is 6.01 Å². The monoisotopic (exact) mass is 330 g/mol. The van der Waals surface area contributed by atoms with E-state index >= 15 is 0 Å². The summed E-state index contributed by atoms with van der Waals surface area (Å²) in [6, 6.07) is 6.80. The molecule has 0 aromatic carbocycles. The first kappa shape index (κ1) is 15.0. The molecule has 3 aromatic rings. The maximum atomic E-state index is 12.0. The van der Waals surface area contributed by atoms with Gasteiger partial charge in [-0.25, -0.2) is 4.98 Å². The quantitative estimate of drug-likeness (QED) is 0.667. The number of halogens is 1. The van der Waals surface area contributed by atoms with Crippen molar-refractivity contribution in [1.29, 1.82) is 5.26 Å². The predicted molar refractivity (Wildman–Crippen MR) is 81.4 cm³/mol. The molecular weight excluding hydrogens is 320 g/mol. The van der Waals surface area contributed by atoms with Crippen molar-refractivity contribution in [2.24, 2.45) is 0 Å². The summed E-state index contributed by atoms with van der Waals surface area (Å²) in [6.07, 6.45) is 1.65. The number of nitrogens with zero attached hydrogens (tertiary/aromatic N) is 6. The highest BCUT2D eigenvalue weighted by molar-refractivity contribution is 6.29. The number of pyridine rings is 1. The van der Waals surface area contributed by atoms with E-state index in [1.54, 1.807) is 23.8 Å². The summed E-state index contributed by atoms with van der Waals surface area (Å²) in [5.74, 6) is 0.331. The fourth-order valence-electron chi connectivity index (χ4n) is 2.12. The first-order valence-electron chi connectivity index (χ1n) is 6.66. The second kappa shape index (κ2) is 6.06. The highest BCUT2D eigenvalue weighted by atomic mass is 35.5. The molecule has 0 amide bonds. The molecule has 0 aliphatic rings. The van der Waals surface area contributed by atoms with E-state index in [1.807, 2.05) is 12.1 Å². The molecule has 8 nitrogen and oxygen atoms in total. The first-order valence-corrected chi connectivity index (χ1v) is 7.03. The molecule has 23 heavy (non-hydrogen) atoms. The van der Waals surface area contributed by atoms with Gasteiger partial charge in [-0.1, -0.05) is 17.7 Å². The summed E-state index contributed by atoms with van der Waals surface area (Å²) in [6.45, 7) is 2.05. The SMILES string of the molecule is Cc1cc(=O)n2nc(OCC#N)nc2n1Cc1ccc(Cl)nc1. The Labute approximate surface area is 135 Å². The van der Waals surface area contributed by atoms with Crippen molar-refractivity contribution in [3.63, 3.8) is 0 Å². The van der Waals surface area contributed by atoms with Crippen molar-refractivity contribution in [2.75, 3.05) is 6.61 Å². The summed E-state index contributed by atoms with van der Waals surface area (Å²) in [7, 11) is 0. The Morgan fingerprint density at radius 3 is 2.96 bits per heavy atom. The molecule has 0 radical (unpaired) electrons. The van der Waals surface area contributed by atoms with Gasteiger partial charge < -0.3 is 9.30 Å². The second-order valence-corrected chi connectivity index (χ2v) is 5.14. The summed E-state index contributed by atoms with van der Waals surface area (Å²) < 4.78 is 8.02.